The van der Waals surface area contributed by atoms with Gasteiger partial charge < -0.3 is 15.5 Å². The molecule has 1 aromatic heterocycles. The van der Waals surface area contributed by atoms with Crippen molar-refractivity contribution in [3.8, 4) is 0 Å². The number of carbonyl (C=O) groups is 2. The summed E-state index contributed by atoms with van der Waals surface area (Å²) in [4.78, 5) is 31.4. The summed E-state index contributed by atoms with van der Waals surface area (Å²) in [7, 11) is 0. The molecule has 0 aliphatic carbocycles. The quantitative estimate of drug-likeness (QED) is 0.681. The van der Waals surface area contributed by atoms with Crippen LogP contribution in [0.1, 0.15) is 18.4 Å². The first-order chi connectivity index (χ1) is 14.7. The first-order valence-electron chi connectivity index (χ1n) is 10.4. The number of rotatable bonds is 5. The molecule has 2 aromatic carbocycles. The fraction of sp³-hybridized carbons (Fsp3) is 0.292. The van der Waals surface area contributed by atoms with E-state index in [1.165, 1.54) is 0 Å². The van der Waals surface area contributed by atoms with Crippen LogP contribution in [-0.2, 0) is 11.2 Å². The number of fused-ring (bicyclic) bond motifs is 1. The van der Waals surface area contributed by atoms with E-state index < -0.39 is 0 Å². The molecular formula is C24H26N4O2. The number of para-hydroxylation sites is 2. The summed E-state index contributed by atoms with van der Waals surface area (Å²) in [5.41, 5.74) is 2.87. The van der Waals surface area contributed by atoms with Crippen LogP contribution in [0.5, 0.6) is 0 Å². The van der Waals surface area contributed by atoms with Crippen molar-refractivity contribution in [1.29, 1.82) is 0 Å². The van der Waals surface area contributed by atoms with E-state index in [9.17, 15) is 9.59 Å². The van der Waals surface area contributed by atoms with Crippen molar-refractivity contribution in [3.05, 3.63) is 72.4 Å². The number of urea groups is 1. The number of aromatic nitrogens is 1. The van der Waals surface area contributed by atoms with Gasteiger partial charge in [0.15, 0.2) is 0 Å². The van der Waals surface area contributed by atoms with Gasteiger partial charge in [-0.25, -0.2) is 4.79 Å². The first-order valence-corrected chi connectivity index (χ1v) is 10.4. The molecule has 1 aliphatic rings. The summed E-state index contributed by atoms with van der Waals surface area (Å²) in [6.45, 7) is 1.67. The zero-order valence-electron chi connectivity index (χ0n) is 16.9. The van der Waals surface area contributed by atoms with Crippen LogP contribution in [0.25, 0.3) is 10.9 Å². The molecule has 1 atom stereocenters. The van der Waals surface area contributed by atoms with Gasteiger partial charge in [-0.05, 0) is 43.0 Å². The molecule has 3 aromatic rings. The molecule has 6 heteroatoms. The SMILES string of the molecule is O=C(NCCc1cccc2cccnc12)C1CCCN(C(=O)Nc2ccccc2)C1. The zero-order chi connectivity index (χ0) is 20.8. The third-order valence-corrected chi connectivity index (χ3v) is 5.51. The van der Waals surface area contributed by atoms with Crippen LogP contribution < -0.4 is 10.6 Å². The number of nitrogens with zero attached hydrogens (tertiary/aromatic N) is 2. The van der Waals surface area contributed by atoms with E-state index in [2.05, 4.69) is 21.7 Å². The van der Waals surface area contributed by atoms with Crippen LogP contribution in [0.3, 0.4) is 0 Å². The van der Waals surface area contributed by atoms with Gasteiger partial charge in [0.05, 0.1) is 11.4 Å². The van der Waals surface area contributed by atoms with Crippen molar-refractivity contribution in [1.82, 2.24) is 15.2 Å². The van der Waals surface area contributed by atoms with Crippen molar-refractivity contribution in [2.45, 2.75) is 19.3 Å². The maximum atomic E-state index is 12.7. The second-order valence-corrected chi connectivity index (χ2v) is 7.61. The van der Waals surface area contributed by atoms with Gasteiger partial charge in [0, 0.05) is 36.9 Å². The van der Waals surface area contributed by atoms with E-state index in [0.29, 0.717) is 19.6 Å². The molecule has 1 saturated heterocycles. The predicted octanol–water partition coefficient (Wildman–Crippen LogP) is 3.84. The zero-order valence-corrected chi connectivity index (χ0v) is 16.9. The van der Waals surface area contributed by atoms with Crippen molar-refractivity contribution in [3.63, 3.8) is 0 Å². The molecule has 1 fully saturated rings. The normalized spacial score (nSPS) is 16.3. The molecule has 30 heavy (non-hydrogen) atoms. The number of likely N-dealkylation sites (tertiary alicyclic amines) is 1. The molecular weight excluding hydrogens is 376 g/mol. The van der Waals surface area contributed by atoms with Gasteiger partial charge in [-0.2, -0.15) is 0 Å². The number of pyridine rings is 1. The first kappa shape index (κ1) is 19.9. The average molecular weight is 402 g/mol. The molecule has 154 valence electrons. The van der Waals surface area contributed by atoms with Crippen LogP contribution >= 0.6 is 0 Å². The summed E-state index contributed by atoms with van der Waals surface area (Å²) in [5, 5.41) is 7.06. The maximum absolute atomic E-state index is 12.7. The van der Waals surface area contributed by atoms with Crippen molar-refractivity contribution in [2.75, 3.05) is 25.0 Å². The van der Waals surface area contributed by atoms with Crippen LogP contribution in [0.4, 0.5) is 10.5 Å². The Bertz CT molecular complexity index is 1020. The van der Waals surface area contributed by atoms with Gasteiger partial charge in [0.25, 0.3) is 0 Å². The van der Waals surface area contributed by atoms with Crippen LogP contribution in [0.15, 0.2) is 66.9 Å². The molecule has 0 saturated carbocycles. The third-order valence-electron chi connectivity index (χ3n) is 5.51. The Morgan fingerprint density at radius 1 is 1.03 bits per heavy atom. The van der Waals surface area contributed by atoms with Crippen LogP contribution in [0, 0.1) is 5.92 Å². The highest BCUT2D eigenvalue weighted by Gasteiger charge is 2.28. The summed E-state index contributed by atoms with van der Waals surface area (Å²) in [6, 6.07) is 19.3. The van der Waals surface area contributed by atoms with Gasteiger partial charge in [-0.3, -0.25) is 9.78 Å². The molecule has 3 amide bonds. The van der Waals surface area contributed by atoms with E-state index >= 15 is 0 Å². The minimum absolute atomic E-state index is 0.0143. The highest BCUT2D eigenvalue weighted by molar-refractivity contribution is 5.90. The number of piperidine rings is 1. The van der Waals surface area contributed by atoms with E-state index in [4.69, 9.17) is 0 Å². The lowest BCUT2D eigenvalue weighted by Gasteiger charge is -2.32. The Balaban J connectivity index is 1.29. The minimum atomic E-state index is -0.175. The molecule has 1 unspecified atom stereocenters. The number of amides is 3. The van der Waals surface area contributed by atoms with Gasteiger partial charge in [-0.1, -0.05) is 42.5 Å². The summed E-state index contributed by atoms with van der Waals surface area (Å²) in [5.74, 6) is -0.161. The van der Waals surface area contributed by atoms with Crippen LogP contribution in [-0.4, -0.2) is 41.5 Å². The smallest absolute Gasteiger partial charge is 0.321 e. The van der Waals surface area contributed by atoms with Crippen LogP contribution in [0.2, 0.25) is 0 Å². The summed E-state index contributed by atoms with van der Waals surface area (Å²) >= 11 is 0. The number of anilines is 1. The molecule has 0 spiro atoms. The van der Waals surface area contributed by atoms with E-state index in [0.717, 1.165) is 41.4 Å². The third kappa shape index (κ3) is 4.76. The van der Waals surface area contributed by atoms with Gasteiger partial charge in [0.1, 0.15) is 0 Å². The van der Waals surface area contributed by atoms with Crippen molar-refractivity contribution in [2.24, 2.45) is 5.92 Å². The molecule has 0 radical (unpaired) electrons. The lowest BCUT2D eigenvalue weighted by Crippen LogP contribution is -2.47. The predicted molar refractivity (Wildman–Crippen MR) is 118 cm³/mol. The average Bonchev–Trinajstić information content (AvgIpc) is 2.80. The Morgan fingerprint density at radius 3 is 2.73 bits per heavy atom. The summed E-state index contributed by atoms with van der Waals surface area (Å²) < 4.78 is 0. The van der Waals surface area contributed by atoms with E-state index in [1.807, 2.05) is 54.6 Å². The molecule has 2 N–H and O–H groups in total. The lowest BCUT2D eigenvalue weighted by molar-refractivity contribution is -0.126. The Morgan fingerprint density at radius 2 is 1.87 bits per heavy atom. The summed E-state index contributed by atoms with van der Waals surface area (Å²) in [6.07, 6.45) is 4.15. The second-order valence-electron chi connectivity index (χ2n) is 7.61. The standard InChI is InChI=1S/C24H26N4O2/c29-23(26-15-13-19-8-4-7-18-9-5-14-25-22(18)19)20-10-6-16-28(17-20)24(30)27-21-11-2-1-3-12-21/h1-5,7-9,11-12,14,20H,6,10,13,15-17H2,(H,26,29)(H,27,30). The number of nitrogens with one attached hydrogen (secondary N) is 2. The number of hydrogen-bond acceptors (Lipinski definition) is 3. The molecule has 1 aliphatic heterocycles. The largest absolute Gasteiger partial charge is 0.355 e. The fourth-order valence-corrected chi connectivity index (χ4v) is 3.93. The topological polar surface area (TPSA) is 74.3 Å². The van der Waals surface area contributed by atoms with Crippen molar-refractivity contribution < 1.29 is 9.59 Å². The van der Waals surface area contributed by atoms with Gasteiger partial charge in [0.2, 0.25) is 5.91 Å². The Kier molecular flexibility index (Phi) is 6.23. The minimum Gasteiger partial charge on any atom is -0.355 e. The highest BCUT2D eigenvalue weighted by atomic mass is 16.2. The lowest BCUT2D eigenvalue weighted by atomic mass is 9.97. The van der Waals surface area contributed by atoms with E-state index in [-0.39, 0.29) is 17.9 Å². The monoisotopic (exact) mass is 402 g/mol. The van der Waals surface area contributed by atoms with Crippen molar-refractivity contribution >= 4 is 28.5 Å². The number of benzene rings is 2. The maximum Gasteiger partial charge on any atom is 0.321 e. The molecule has 4 rings (SSSR count). The second kappa shape index (κ2) is 9.39. The Labute approximate surface area is 176 Å². The fourth-order valence-electron chi connectivity index (χ4n) is 3.93. The highest BCUT2D eigenvalue weighted by Crippen LogP contribution is 2.19. The number of carbonyl (C=O) groups excluding carboxylic acids is 2. The molecule has 2 heterocycles. The number of hydrogen-bond donors (Lipinski definition) is 2. The molecule has 0 bridgehead atoms. The molecule has 6 nitrogen and oxygen atoms in total. The van der Waals surface area contributed by atoms with Gasteiger partial charge in [-0.15, -0.1) is 0 Å². The Hall–Kier alpha value is -3.41. The van der Waals surface area contributed by atoms with Gasteiger partial charge >= 0.3 is 6.03 Å². The van der Waals surface area contributed by atoms with E-state index in [1.54, 1.807) is 11.1 Å².